The van der Waals surface area contributed by atoms with E-state index in [0.717, 1.165) is 45.4 Å². The third kappa shape index (κ3) is 4.02. The summed E-state index contributed by atoms with van der Waals surface area (Å²) in [6.45, 7) is 9.84. The van der Waals surface area contributed by atoms with E-state index < -0.39 is 0 Å². The minimum atomic E-state index is 0.760. The Kier molecular flexibility index (Phi) is 5.44. The molecule has 2 aliphatic heterocycles. The molecule has 2 aliphatic rings. The van der Waals surface area contributed by atoms with Crippen molar-refractivity contribution in [2.24, 2.45) is 0 Å². The summed E-state index contributed by atoms with van der Waals surface area (Å²) in [5.74, 6) is 0. The van der Waals surface area contributed by atoms with Gasteiger partial charge in [0.05, 0.1) is 13.2 Å². The van der Waals surface area contributed by atoms with Crippen molar-refractivity contribution in [3.8, 4) is 0 Å². The van der Waals surface area contributed by atoms with Gasteiger partial charge in [-0.25, -0.2) is 0 Å². The van der Waals surface area contributed by atoms with Crippen LogP contribution in [0.5, 0.6) is 0 Å². The van der Waals surface area contributed by atoms with Crippen molar-refractivity contribution in [3.05, 3.63) is 22.4 Å². The second kappa shape index (κ2) is 7.52. The number of thiophene rings is 1. The predicted octanol–water partition coefficient (Wildman–Crippen LogP) is 1.24. The van der Waals surface area contributed by atoms with E-state index in [0.29, 0.717) is 0 Å². The third-order valence-corrected chi connectivity index (χ3v) is 5.17. The van der Waals surface area contributed by atoms with Gasteiger partial charge in [-0.3, -0.25) is 4.90 Å². The monoisotopic (exact) mass is 295 g/mol. The molecule has 0 spiro atoms. The van der Waals surface area contributed by atoms with Crippen molar-refractivity contribution in [2.45, 2.75) is 19.0 Å². The van der Waals surface area contributed by atoms with Crippen LogP contribution in [0, 0.1) is 0 Å². The van der Waals surface area contributed by atoms with E-state index in [1.54, 1.807) is 0 Å². The van der Waals surface area contributed by atoms with Gasteiger partial charge in [0.15, 0.2) is 0 Å². The molecule has 0 aromatic carbocycles. The maximum atomic E-state index is 5.44. The summed E-state index contributed by atoms with van der Waals surface area (Å²) in [7, 11) is 0. The van der Waals surface area contributed by atoms with E-state index in [9.17, 15) is 0 Å². The number of nitrogens with zero attached hydrogens (tertiary/aromatic N) is 2. The van der Waals surface area contributed by atoms with Gasteiger partial charge in [-0.15, -0.1) is 11.3 Å². The Morgan fingerprint density at radius 1 is 1.30 bits per heavy atom. The summed E-state index contributed by atoms with van der Waals surface area (Å²) in [5, 5.41) is 5.69. The first-order valence-corrected chi connectivity index (χ1v) is 8.57. The Morgan fingerprint density at radius 3 is 3.00 bits per heavy atom. The van der Waals surface area contributed by atoms with E-state index in [2.05, 4.69) is 32.6 Å². The first-order valence-electron chi connectivity index (χ1n) is 7.69. The largest absolute Gasteiger partial charge is 0.379 e. The summed E-state index contributed by atoms with van der Waals surface area (Å²) >= 11 is 1.83. The van der Waals surface area contributed by atoms with Crippen molar-refractivity contribution in [1.82, 2.24) is 15.1 Å². The maximum absolute atomic E-state index is 5.44. The van der Waals surface area contributed by atoms with Gasteiger partial charge < -0.3 is 15.0 Å². The zero-order valence-electron chi connectivity index (χ0n) is 12.1. The first-order chi connectivity index (χ1) is 9.92. The third-order valence-electron chi connectivity index (χ3n) is 4.29. The summed E-state index contributed by atoms with van der Waals surface area (Å²) in [6, 6.07) is 5.08. The van der Waals surface area contributed by atoms with Gasteiger partial charge in [0.25, 0.3) is 0 Å². The van der Waals surface area contributed by atoms with Crippen LogP contribution in [0.1, 0.15) is 11.3 Å². The van der Waals surface area contributed by atoms with Crippen molar-refractivity contribution in [2.75, 3.05) is 52.5 Å². The molecule has 2 fully saturated rings. The Bertz CT molecular complexity index is 378. The van der Waals surface area contributed by atoms with Crippen LogP contribution in [0.3, 0.4) is 0 Å². The molecule has 1 aromatic rings. The molecule has 2 saturated heterocycles. The van der Waals surface area contributed by atoms with Gasteiger partial charge >= 0.3 is 0 Å². The van der Waals surface area contributed by atoms with E-state index in [-0.39, 0.29) is 0 Å². The standard InChI is InChI=1S/C15H25N3OS/c1-2-15(20-11-1)12-16-4-6-17-5-3-14(13-17)18-7-9-19-10-8-18/h1-2,11,14,16H,3-10,12-13H2. The fourth-order valence-corrected chi connectivity index (χ4v) is 3.79. The summed E-state index contributed by atoms with van der Waals surface area (Å²) in [5.41, 5.74) is 0. The lowest BCUT2D eigenvalue weighted by Crippen LogP contribution is -2.45. The lowest BCUT2D eigenvalue weighted by Gasteiger charge is -2.32. The molecular weight excluding hydrogens is 270 g/mol. The van der Waals surface area contributed by atoms with Crippen LogP contribution < -0.4 is 5.32 Å². The second-order valence-electron chi connectivity index (χ2n) is 5.65. The molecule has 1 aromatic heterocycles. The van der Waals surface area contributed by atoms with E-state index in [4.69, 9.17) is 4.74 Å². The zero-order valence-corrected chi connectivity index (χ0v) is 12.9. The van der Waals surface area contributed by atoms with Crippen LogP contribution in [-0.2, 0) is 11.3 Å². The second-order valence-corrected chi connectivity index (χ2v) is 6.68. The molecule has 20 heavy (non-hydrogen) atoms. The number of ether oxygens (including phenoxy) is 1. The van der Waals surface area contributed by atoms with Gasteiger partial charge in [0.2, 0.25) is 0 Å². The fourth-order valence-electron chi connectivity index (χ4n) is 3.12. The summed E-state index contributed by atoms with van der Waals surface area (Å²) in [4.78, 5) is 6.64. The van der Waals surface area contributed by atoms with Crippen LogP contribution in [-0.4, -0.2) is 68.3 Å². The zero-order chi connectivity index (χ0) is 13.6. The summed E-state index contributed by atoms with van der Waals surface area (Å²) < 4.78 is 5.44. The van der Waals surface area contributed by atoms with Gasteiger partial charge in [0, 0.05) is 50.2 Å². The van der Waals surface area contributed by atoms with Gasteiger partial charge in [-0.05, 0) is 24.4 Å². The average molecular weight is 295 g/mol. The fraction of sp³-hybridized carbons (Fsp3) is 0.733. The molecule has 0 bridgehead atoms. The molecule has 1 unspecified atom stereocenters. The highest BCUT2D eigenvalue weighted by atomic mass is 32.1. The van der Waals surface area contributed by atoms with Crippen LogP contribution in [0.2, 0.25) is 0 Å². The molecule has 0 amide bonds. The minimum Gasteiger partial charge on any atom is -0.379 e. The van der Waals surface area contributed by atoms with E-state index in [1.165, 1.54) is 30.9 Å². The van der Waals surface area contributed by atoms with Crippen molar-refractivity contribution >= 4 is 11.3 Å². The highest BCUT2D eigenvalue weighted by Gasteiger charge is 2.28. The van der Waals surface area contributed by atoms with Gasteiger partial charge in [0.1, 0.15) is 0 Å². The molecule has 3 rings (SSSR count). The van der Waals surface area contributed by atoms with E-state index in [1.807, 2.05) is 11.3 Å². The van der Waals surface area contributed by atoms with Crippen LogP contribution in [0.4, 0.5) is 0 Å². The van der Waals surface area contributed by atoms with E-state index >= 15 is 0 Å². The Hall–Kier alpha value is -0.460. The molecule has 1 atom stereocenters. The predicted molar refractivity (Wildman–Crippen MR) is 83.3 cm³/mol. The molecule has 0 radical (unpaired) electrons. The van der Waals surface area contributed by atoms with Crippen molar-refractivity contribution in [1.29, 1.82) is 0 Å². The molecule has 5 heteroatoms. The molecular formula is C15H25N3OS. The first kappa shape index (κ1) is 14.5. The SMILES string of the molecule is c1csc(CNCCN2CCC(N3CCOCC3)C2)c1. The molecule has 112 valence electrons. The highest BCUT2D eigenvalue weighted by Crippen LogP contribution is 2.16. The maximum Gasteiger partial charge on any atom is 0.0594 e. The number of hydrogen-bond donors (Lipinski definition) is 1. The summed E-state index contributed by atoms with van der Waals surface area (Å²) in [6.07, 6.45) is 1.32. The molecule has 3 heterocycles. The average Bonchev–Trinajstić information content (AvgIpc) is 3.16. The number of nitrogens with one attached hydrogen (secondary N) is 1. The number of hydrogen-bond acceptors (Lipinski definition) is 5. The molecule has 1 N–H and O–H groups in total. The quantitative estimate of drug-likeness (QED) is 0.799. The lowest BCUT2D eigenvalue weighted by molar-refractivity contribution is 0.0185. The van der Waals surface area contributed by atoms with Crippen LogP contribution >= 0.6 is 11.3 Å². The normalized spacial score (nSPS) is 25.3. The molecule has 0 aliphatic carbocycles. The van der Waals surface area contributed by atoms with Crippen molar-refractivity contribution < 1.29 is 4.74 Å². The van der Waals surface area contributed by atoms with Crippen LogP contribution in [0.15, 0.2) is 17.5 Å². The highest BCUT2D eigenvalue weighted by molar-refractivity contribution is 7.09. The lowest BCUT2D eigenvalue weighted by atomic mass is 10.2. The number of rotatable bonds is 6. The number of morpholine rings is 1. The Labute approximate surface area is 125 Å². The number of likely N-dealkylation sites (tertiary alicyclic amines) is 1. The minimum absolute atomic E-state index is 0.760. The molecule has 4 nitrogen and oxygen atoms in total. The Balaban J connectivity index is 1.31. The smallest absolute Gasteiger partial charge is 0.0594 e. The Morgan fingerprint density at radius 2 is 2.20 bits per heavy atom. The van der Waals surface area contributed by atoms with Gasteiger partial charge in [-0.1, -0.05) is 6.07 Å². The van der Waals surface area contributed by atoms with Crippen molar-refractivity contribution in [3.63, 3.8) is 0 Å². The van der Waals surface area contributed by atoms with Crippen LogP contribution in [0.25, 0.3) is 0 Å². The molecule has 0 saturated carbocycles. The van der Waals surface area contributed by atoms with Gasteiger partial charge in [-0.2, -0.15) is 0 Å². The topological polar surface area (TPSA) is 27.7 Å².